The maximum atomic E-state index is 11.1. The second-order valence-electron chi connectivity index (χ2n) is 6.18. The van der Waals surface area contributed by atoms with Crippen molar-refractivity contribution in [2.75, 3.05) is 13.2 Å². The lowest BCUT2D eigenvalue weighted by Gasteiger charge is -2.25. The van der Waals surface area contributed by atoms with E-state index in [1.807, 2.05) is 20.8 Å². The van der Waals surface area contributed by atoms with Gasteiger partial charge in [-0.3, -0.25) is 9.69 Å². The Bertz CT molecular complexity index is 298. The minimum absolute atomic E-state index is 0.106. The van der Waals surface area contributed by atoms with E-state index in [1.54, 1.807) is 0 Å². The minimum Gasteiger partial charge on any atom is -0.481 e. The molecule has 0 amide bonds. The normalized spacial score (nSPS) is 33.2. The summed E-state index contributed by atoms with van der Waals surface area (Å²) in [5.41, 5.74) is -0.106. The van der Waals surface area contributed by atoms with Gasteiger partial charge in [-0.1, -0.05) is 0 Å². The van der Waals surface area contributed by atoms with Gasteiger partial charge >= 0.3 is 5.97 Å². The Kier molecular flexibility index (Phi) is 3.46. The van der Waals surface area contributed by atoms with Gasteiger partial charge in [-0.2, -0.15) is 0 Å². The van der Waals surface area contributed by atoms with Crippen LogP contribution in [0.15, 0.2) is 0 Å². The molecular weight excluding hydrogens is 218 g/mol. The molecule has 2 aliphatic rings. The van der Waals surface area contributed by atoms with E-state index in [-0.39, 0.29) is 17.6 Å². The minimum atomic E-state index is -0.626. The number of carboxylic acid groups (broad SMARTS) is 1. The zero-order valence-electron chi connectivity index (χ0n) is 11.0. The summed E-state index contributed by atoms with van der Waals surface area (Å²) < 4.78 is 5.72. The van der Waals surface area contributed by atoms with Crippen LogP contribution < -0.4 is 0 Å². The molecule has 2 aliphatic heterocycles. The van der Waals surface area contributed by atoms with E-state index in [0.29, 0.717) is 12.6 Å². The monoisotopic (exact) mass is 241 g/mol. The Balaban J connectivity index is 1.85. The van der Waals surface area contributed by atoms with Gasteiger partial charge in [-0.05, 0) is 40.0 Å². The number of rotatable bonds is 4. The molecule has 3 atom stereocenters. The molecule has 98 valence electrons. The largest absolute Gasteiger partial charge is 0.481 e. The van der Waals surface area contributed by atoms with Crippen molar-refractivity contribution >= 4 is 5.97 Å². The summed E-state index contributed by atoms with van der Waals surface area (Å²) in [7, 11) is 0. The lowest BCUT2D eigenvalue weighted by Crippen LogP contribution is -2.36. The predicted molar refractivity (Wildman–Crippen MR) is 65.0 cm³/mol. The molecule has 2 heterocycles. The third-order valence-electron chi connectivity index (χ3n) is 3.88. The molecule has 2 rings (SSSR count). The van der Waals surface area contributed by atoms with Gasteiger partial charge in [-0.25, -0.2) is 0 Å². The number of aliphatic carboxylic acids is 1. The molecule has 0 aromatic heterocycles. The van der Waals surface area contributed by atoms with Crippen molar-refractivity contribution in [2.24, 2.45) is 5.92 Å². The Morgan fingerprint density at radius 2 is 2.12 bits per heavy atom. The van der Waals surface area contributed by atoms with E-state index in [1.165, 1.54) is 0 Å². The number of carboxylic acids is 1. The zero-order chi connectivity index (χ0) is 12.6. The summed E-state index contributed by atoms with van der Waals surface area (Å²) in [5.74, 6) is -0.776. The maximum Gasteiger partial charge on any atom is 0.308 e. The summed E-state index contributed by atoms with van der Waals surface area (Å²) in [5, 5.41) is 9.15. The topological polar surface area (TPSA) is 49.8 Å². The molecule has 0 saturated carbocycles. The number of fused-ring (bicyclic) bond motifs is 2. The molecule has 1 N–H and O–H groups in total. The van der Waals surface area contributed by atoms with Crippen molar-refractivity contribution in [1.29, 1.82) is 0 Å². The first-order valence-corrected chi connectivity index (χ1v) is 6.51. The van der Waals surface area contributed by atoms with Crippen LogP contribution in [-0.2, 0) is 9.53 Å². The second-order valence-corrected chi connectivity index (χ2v) is 6.18. The van der Waals surface area contributed by atoms with Gasteiger partial charge in [0, 0.05) is 18.6 Å². The van der Waals surface area contributed by atoms with Gasteiger partial charge in [0.25, 0.3) is 0 Å². The fourth-order valence-corrected chi connectivity index (χ4v) is 3.17. The van der Waals surface area contributed by atoms with E-state index in [0.717, 1.165) is 25.8 Å². The third kappa shape index (κ3) is 2.80. The van der Waals surface area contributed by atoms with Crippen LogP contribution in [0, 0.1) is 5.92 Å². The van der Waals surface area contributed by atoms with Crippen molar-refractivity contribution in [3.63, 3.8) is 0 Å². The van der Waals surface area contributed by atoms with Gasteiger partial charge in [0.15, 0.2) is 0 Å². The molecule has 0 spiro atoms. The molecule has 2 bridgehead atoms. The van der Waals surface area contributed by atoms with Crippen molar-refractivity contribution in [1.82, 2.24) is 4.90 Å². The quantitative estimate of drug-likeness (QED) is 0.814. The standard InChI is InChI=1S/C13H23NO3/c1-13(2,3)17-7-6-14-9-4-5-11(14)10(8-9)12(15)16/h9-11H,4-8H2,1-3H3,(H,15,16). The van der Waals surface area contributed by atoms with Gasteiger partial charge in [0.05, 0.1) is 18.1 Å². The molecule has 2 fully saturated rings. The zero-order valence-corrected chi connectivity index (χ0v) is 11.0. The first kappa shape index (κ1) is 12.8. The lowest BCUT2D eigenvalue weighted by molar-refractivity contribution is -0.142. The van der Waals surface area contributed by atoms with E-state index in [4.69, 9.17) is 9.84 Å². The van der Waals surface area contributed by atoms with Crippen LogP contribution in [0.4, 0.5) is 0 Å². The highest BCUT2D eigenvalue weighted by atomic mass is 16.5. The summed E-state index contributed by atoms with van der Waals surface area (Å²) in [6.07, 6.45) is 3.02. The number of hydrogen-bond donors (Lipinski definition) is 1. The molecule has 3 unspecified atom stereocenters. The van der Waals surface area contributed by atoms with Gasteiger partial charge in [-0.15, -0.1) is 0 Å². The Morgan fingerprint density at radius 1 is 1.41 bits per heavy atom. The van der Waals surface area contributed by atoms with Crippen LogP contribution >= 0.6 is 0 Å². The number of carbonyl (C=O) groups is 1. The lowest BCUT2D eigenvalue weighted by atomic mass is 9.89. The molecule has 4 nitrogen and oxygen atoms in total. The highest BCUT2D eigenvalue weighted by Gasteiger charge is 2.48. The van der Waals surface area contributed by atoms with Crippen LogP contribution in [0.1, 0.15) is 40.0 Å². The number of hydrogen-bond acceptors (Lipinski definition) is 3. The smallest absolute Gasteiger partial charge is 0.308 e. The van der Waals surface area contributed by atoms with Crippen LogP contribution in [0.3, 0.4) is 0 Å². The van der Waals surface area contributed by atoms with E-state index in [9.17, 15) is 4.79 Å². The van der Waals surface area contributed by atoms with Crippen LogP contribution in [-0.4, -0.2) is 46.8 Å². The summed E-state index contributed by atoms with van der Waals surface area (Å²) in [6.45, 7) is 7.71. The summed E-state index contributed by atoms with van der Waals surface area (Å²) in [6, 6.07) is 0.728. The molecule has 0 aliphatic carbocycles. The predicted octanol–water partition coefficient (Wildman–Crippen LogP) is 1.74. The van der Waals surface area contributed by atoms with Crippen LogP contribution in [0.2, 0.25) is 0 Å². The molecule has 2 saturated heterocycles. The molecule has 0 aromatic carbocycles. The van der Waals surface area contributed by atoms with Crippen molar-refractivity contribution < 1.29 is 14.6 Å². The van der Waals surface area contributed by atoms with Gasteiger partial charge in [0.2, 0.25) is 0 Å². The number of ether oxygens (including phenoxy) is 1. The van der Waals surface area contributed by atoms with Crippen molar-refractivity contribution in [3.8, 4) is 0 Å². The third-order valence-corrected chi connectivity index (χ3v) is 3.88. The molecule has 0 aromatic rings. The average Bonchev–Trinajstić information content (AvgIpc) is 2.73. The maximum absolute atomic E-state index is 11.1. The fourth-order valence-electron chi connectivity index (χ4n) is 3.17. The van der Waals surface area contributed by atoms with E-state index < -0.39 is 5.97 Å². The second kappa shape index (κ2) is 4.58. The van der Waals surface area contributed by atoms with E-state index in [2.05, 4.69) is 4.90 Å². The molecular formula is C13H23NO3. The van der Waals surface area contributed by atoms with Crippen LogP contribution in [0.5, 0.6) is 0 Å². The highest BCUT2D eigenvalue weighted by Crippen LogP contribution is 2.41. The fraction of sp³-hybridized carbons (Fsp3) is 0.923. The highest BCUT2D eigenvalue weighted by molar-refractivity contribution is 5.71. The Morgan fingerprint density at radius 3 is 2.65 bits per heavy atom. The SMILES string of the molecule is CC(C)(C)OCCN1C2CCC1C(C(=O)O)C2. The van der Waals surface area contributed by atoms with Crippen molar-refractivity contribution in [2.45, 2.75) is 57.7 Å². The molecule has 0 radical (unpaired) electrons. The number of nitrogens with zero attached hydrogens (tertiary/aromatic N) is 1. The summed E-state index contributed by atoms with van der Waals surface area (Å²) in [4.78, 5) is 13.5. The van der Waals surface area contributed by atoms with Crippen LogP contribution in [0.25, 0.3) is 0 Å². The molecule has 17 heavy (non-hydrogen) atoms. The molecule has 4 heteroatoms. The Hall–Kier alpha value is -0.610. The van der Waals surface area contributed by atoms with Gasteiger partial charge in [0.1, 0.15) is 0 Å². The van der Waals surface area contributed by atoms with Crippen molar-refractivity contribution in [3.05, 3.63) is 0 Å². The van der Waals surface area contributed by atoms with E-state index >= 15 is 0 Å². The average molecular weight is 241 g/mol. The first-order chi connectivity index (χ1) is 7.88. The first-order valence-electron chi connectivity index (χ1n) is 6.51. The van der Waals surface area contributed by atoms with Gasteiger partial charge < -0.3 is 9.84 Å². The Labute approximate surface area is 103 Å². The summed E-state index contributed by atoms with van der Waals surface area (Å²) >= 11 is 0.